The van der Waals surface area contributed by atoms with Gasteiger partial charge in [-0.3, -0.25) is 9.78 Å². The first-order valence-electron chi connectivity index (χ1n) is 6.44. The highest BCUT2D eigenvalue weighted by Crippen LogP contribution is 2.26. The lowest BCUT2D eigenvalue weighted by Gasteiger charge is -2.06. The summed E-state index contributed by atoms with van der Waals surface area (Å²) in [6.45, 7) is 2.08. The van der Waals surface area contributed by atoms with E-state index in [9.17, 15) is 4.79 Å². The van der Waals surface area contributed by atoms with Crippen LogP contribution in [0.4, 0.5) is 0 Å². The third kappa shape index (κ3) is 3.45. The standard InChI is InChI=1S/C16H16BrNO2/c1-3-11-4-6-13(18-10-11)9-15(19)12-5-7-16(20-2)14(17)8-12/h4-8,10H,3,9H2,1-2H3. The van der Waals surface area contributed by atoms with Crippen LogP contribution in [0.25, 0.3) is 0 Å². The molecular weight excluding hydrogens is 318 g/mol. The van der Waals surface area contributed by atoms with Gasteiger partial charge in [0.1, 0.15) is 5.75 Å². The van der Waals surface area contributed by atoms with Crippen molar-refractivity contribution in [3.05, 3.63) is 57.8 Å². The van der Waals surface area contributed by atoms with Gasteiger partial charge in [-0.1, -0.05) is 13.0 Å². The number of Topliss-reactive ketones (excluding diaryl/α,β-unsaturated/α-hetero) is 1. The topological polar surface area (TPSA) is 39.2 Å². The lowest BCUT2D eigenvalue weighted by Crippen LogP contribution is -2.05. The number of nitrogens with zero attached hydrogens (tertiary/aromatic N) is 1. The summed E-state index contributed by atoms with van der Waals surface area (Å²) in [4.78, 5) is 16.5. The molecule has 0 saturated heterocycles. The fraction of sp³-hybridized carbons (Fsp3) is 0.250. The fourth-order valence-corrected chi connectivity index (χ4v) is 2.42. The van der Waals surface area contributed by atoms with E-state index in [2.05, 4.69) is 27.8 Å². The Hall–Kier alpha value is -1.68. The van der Waals surface area contributed by atoms with Gasteiger partial charge in [0.25, 0.3) is 0 Å². The van der Waals surface area contributed by atoms with Crippen LogP contribution >= 0.6 is 15.9 Å². The number of hydrogen-bond donors (Lipinski definition) is 0. The minimum absolute atomic E-state index is 0.0464. The number of carbonyl (C=O) groups is 1. The molecular formula is C16H16BrNO2. The molecule has 0 fully saturated rings. The molecule has 4 heteroatoms. The molecule has 0 amide bonds. The van der Waals surface area contributed by atoms with Crippen molar-refractivity contribution in [2.24, 2.45) is 0 Å². The van der Waals surface area contributed by atoms with Gasteiger partial charge in [-0.15, -0.1) is 0 Å². The molecule has 1 aromatic carbocycles. The second-order valence-electron chi connectivity index (χ2n) is 4.46. The van der Waals surface area contributed by atoms with Gasteiger partial charge in [-0.25, -0.2) is 0 Å². The number of carbonyl (C=O) groups excluding carboxylic acids is 1. The first kappa shape index (κ1) is 14.7. The second kappa shape index (κ2) is 6.66. The Morgan fingerprint density at radius 2 is 2.10 bits per heavy atom. The number of pyridine rings is 1. The zero-order valence-corrected chi connectivity index (χ0v) is 13.1. The minimum atomic E-state index is 0.0464. The van der Waals surface area contributed by atoms with Crippen molar-refractivity contribution in [3.63, 3.8) is 0 Å². The van der Waals surface area contributed by atoms with Crippen LogP contribution in [-0.2, 0) is 12.8 Å². The van der Waals surface area contributed by atoms with Crippen molar-refractivity contribution >= 4 is 21.7 Å². The van der Waals surface area contributed by atoms with Crippen LogP contribution < -0.4 is 4.74 Å². The van der Waals surface area contributed by atoms with Gasteiger partial charge < -0.3 is 4.74 Å². The minimum Gasteiger partial charge on any atom is -0.496 e. The predicted octanol–water partition coefficient (Wildman–Crippen LogP) is 3.84. The average molecular weight is 334 g/mol. The first-order valence-corrected chi connectivity index (χ1v) is 7.24. The van der Waals surface area contributed by atoms with Gasteiger partial charge in [0, 0.05) is 17.5 Å². The van der Waals surface area contributed by atoms with Crippen molar-refractivity contribution in [1.29, 1.82) is 0 Å². The van der Waals surface area contributed by atoms with E-state index >= 15 is 0 Å². The largest absolute Gasteiger partial charge is 0.496 e. The highest BCUT2D eigenvalue weighted by molar-refractivity contribution is 9.10. The number of ether oxygens (including phenoxy) is 1. The Kier molecular flexibility index (Phi) is 4.90. The quantitative estimate of drug-likeness (QED) is 0.780. The van der Waals surface area contributed by atoms with E-state index in [0.717, 1.165) is 16.6 Å². The lowest BCUT2D eigenvalue weighted by atomic mass is 10.1. The zero-order chi connectivity index (χ0) is 14.5. The van der Waals surface area contributed by atoms with E-state index in [0.29, 0.717) is 17.7 Å². The van der Waals surface area contributed by atoms with Crippen LogP contribution in [0.1, 0.15) is 28.5 Å². The van der Waals surface area contributed by atoms with Gasteiger partial charge in [0.2, 0.25) is 0 Å². The molecule has 2 aromatic rings. The van der Waals surface area contributed by atoms with Gasteiger partial charge >= 0.3 is 0 Å². The van der Waals surface area contributed by atoms with Crippen LogP contribution in [0.15, 0.2) is 41.0 Å². The molecule has 0 radical (unpaired) electrons. The third-order valence-electron chi connectivity index (χ3n) is 3.11. The predicted molar refractivity (Wildman–Crippen MR) is 82.3 cm³/mol. The summed E-state index contributed by atoms with van der Waals surface area (Å²) >= 11 is 3.39. The normalized spacial score (nSPS) is 10.3. The molecule has 0 unspecified atom stereocenters. The molecule has 3 nitrogen and oxygen atoms in total. The van der Waals surface area contributed by atoms with E-state index in [-0.39, 0.29) is 5.78 Å². The smallest absolute Gasteiger partial charge is 0.168 e. The maximum atomic E-state index is 12.2. The van der Waals surface area contributed by atoms with Gasteiger partial charge in [0.05, 0.1) is 18.0 Å². The molecule has 0 aliphatic carbocycles. The maximum absolute atomic E-state index is 12.2. The number of benzene rings is 1. The average Bonchev–Trinajstić information content (AvgIpc) is 2.48. The van der Waals surface area contributed by atoms with Gasteiger partial charge in [-0.05, 0) is 52.2 Å². The Labute approximate surface area is 127 Å². The molecule has 2 rings (SSSR count). The molecule has 0 aliphatic rings. The number of ketones is 1. The van der Waals surface area contributed by atoms with Gasteiger partial charge in [0.15, 0.2) is 5.78 Å². The number of aryl methyl sites for hydroxylation is 1. The molecule has 0 bridgehead atoms. The SMILES string of the molecule is CCc1ccc(CC(=O)c2ccc(OC)c(Br)c2)nc1. The monoisotopic (exact) mass is 333 g/mol. The molecule has 0 atom stereocenters. The van der Waals surface area contributed by atoms with E-state index in [1.54, 1.807) is 25.3 Å². The Balaban J connectivity index is 2.12. The number of halogens is 1. The molecule has 0 N–H and O–H groups in total. The van der Waals surface area contributed by atoms with Gasteiger partial charge in [-0.2, -0.15) is 0 Å². The molecule has 0 saturated carbocycles. The summed E-state index contributed by atoms with van der Waals surface area (Å²) in [5, 5.41) is 0. The summed E-state index contributed by atoms with van der Waals surface area (Å²) in [7, 11) is 1.60. The van der Waals surface area contributed by atoms with E-state index in [1.807, 2.05) is 18.3 Å². The van der Waals surface area contributed by atoms with E-state index in [1.165, 1.54) is 5.56 Å². The van der Waals surface area contributed by atoms with Crippen LogP contribution in [0.5, 0.6) is 5.75 Å². The number of hydrogen-bond acceptors (Lipinski definition) is 3. The van der Waals surface area contributed by atoms with Crippen molar-refractivity contribution in [2.75, 3.05) is 7.11 Å². The summed E-state index contributed by atoms with van der Waals surface area (Å²) in [6, 6.07) is 9.26. The number of methoxy groups -OCH3 is 1. The third-order valence-corrected chi connectivity index (χ3v) is 3.73. The van der Waals surface area contributed by atoms with Crippen molar-refractivity contribution in [3.8, 4) is 5.75 Å². The van der Waals surface area contributed by atoms with Crippen molar-refractivity contribution < 1.29 is 9.53 Å². The molecule has 20 heavy (non-hydrogen) atoms. The first-order chi connectivity index (χ1) is 9.63. The van der Waals surface area contributed by atoms with E-state index in [4.69, 9.17) is 4.74 Å². The second-order valence-corrected chi connectivity index (χ2v) is 5.31. The molecule has 0 aliphatic heterocycles. The van der Waals surface area contributed by atoms with Crippen LogP contribution in [0, 0.1) is 0 Å². The highest BCUT2D eigenvalue weighted by Gasteiger charge is 2.10. The van der Waals surface area contributed by atoms with Crippen LogP contribution in [0.2, 0.25) is 0 Å². The van der Waals surface area contributed by atoms with E-state index < -0.39 is 0 Å². The number of aromatic nitrogens is 1. The summed E-state index contributed by atoms with van der Waals surface area (Å²) in [5.74, 6) is 0.761. The molecule has 1 heterocycles. The summed E-state index contributed by atoms with van der Waals surface area (Å²) in [5.41, 5.74) is 2.62. The molecule has 1 aromatic heterocycles. The molecule has 0 spiro atoms. The lowest BCUT2D eigenvalue weighted by molar-refractivity contribution is 0.0992. The fourth-order valence-electron chi connectivity index (χ4n) is 1.88. The zero-order valence-electron chi connectivity index (χ0n) is 11.5. The summed E-state index contributed by atoms with van der Waals surface area (Å²) < 4.78 is 5.93. The maximum Gasteiger partial charge on any atom is 0.168 e. The van der Waals surface area contributed by atoms with Crippen LogP contribution in [-0.4, -0.2) is 17.9 Å². The number of rotatable bonds is 5. The van der Waals surface area contributed by atoms with Crippen molar-refractivity contribution in [2.45, 2.75) is 19.8 Å². The summed E-state index contributed by atoms with van der Waals surface area (Å²) in [6.07, 6.45) is 3.09. The Bertz CT molecular complexity index is 608. The van der Waals surface area contributed by atoms with Crippen LogP contribution in [0.3, 0.4) is 0 Å². The highest BCUT2D eigenvalue weighted by atomic mass is 79.9. The van der Waals surface area contributed by atoms with Crippen molar-refractivity contribution in [1.82, 2.24) is 4.98 Å². The Morgan fingerprint density at radius 3 is 2.65 bits per heavy atom. The Morgan fingerprint density at radius 1 is 1.30 bits per heavy atom. The molecule has 104 valence electrons.